The molecule has 0 aliphatic carbocycles. The van der Waals surface area contributed by atoms with Crippen LogP contribution in [0.25, 0.3) is 0 Å². The summed E-state index contributed by atoms with van der Waals surface area (Å²) in [5, 5.41) is 9.92. The molecule has 1 aromatic heterocycles. The Morgan fingerprint density at radius 2 is 2.05 bits per heavy atom. The number of carbonyl (C=O) groups is 1. The number of rotatable bonds is 5. The molecule has 0 radical (unpaired) electrons. The molecule has 6 heteroatoms. The molecule has 4 N–H and O–H groups in total. The van der Waals surface area contributed by atoms with Crippen molar-refractivity contribution < 1.29 is 4.79 Å². The van der Waals surface area contributed by atoms with Crippen LogP contribution in [0, 0.1) is 5.92 Å². The van der Waals surface area contributed by atoms with Gasteiger partial charge in [-0.1, -0.05) is 34.6 Å². The minimum atomic E-state index is -0.164. The Morgan fingerprint density at radius 1 is 1.45 bits per heavy atom. The number of hydrogen-bond donors (Lipinski definition) is 3. The number of H-pyrrole nitrogens is 1. The van der Waals surface area contributed by atoms with Gasteiger partial charge in [-0.3, -0.25) is 9.89 Å². The third-order valence-corrected chi connectivity index (χ3v) is 2.99. The van der Waals surface area contributed by atoms with E-state index in [0.29, 0.717) is 18.2 Å². The number of aromatic nitrogens is 2. The van der Waals surface area contributed by atoms with Crippen LogP contribution in [0.2, 0.25) is 0 Å². The van der Waals surface area contributed by atoms with Crippen LogP contribution in [0.3, 0.4) is 0 Å². The first-order chi connectivity index (χ1) is 8.74. The van der Waals surface area contributed by atoms with E-state index in [1.165, 1.54) is 0 Å². The molecule has 1 heterocycles. The second kappa shape index (κ2) is 7.64. The predicted molar refractivity (Wildman–Crippen MR) is 84.3 cm³/mol. The Balaban J connectivity index is 0.00000361. The topological polar surface area (TPSA) is 83.8 Å². The standard InChI is InChI=1S/C14H26N4O.ClH/c1-9(2)6-10(8-15)16-13(19)11-7-12(18-17-11)14(3,4)5;/h7,9-10H,6,8,15H2,1-5H3,(H,16,19)(H,17,18);1H. The molecule has 5 nitrogen and oxygen atoms in total. The molecule has 1 aromatic rings. The molecule has 0 fully saturated rings. The number of nitrogens with two attached hydrogens (primary N) is 1. The number of carbonyl (C=O) groups excluding carboxylic acids is 1. The molecule has 0 spiro atoms. The van der Waals surface area contributed by atoms with Crippen LogP contribution < -0.4 is 11.1 Å². The summed E-state index contributed by atoms with van der Waals surface area (Å²) < 4.78 is 0. The predicted octanol–water partition coefficient (Wildman–Crippen LogP) is 2.23. The highest BCUT2D eigenvalue weighted by atomic mass is 35.5. The van der Waals surface area contributed by atoms with Gasteiger partial charge in [0.1, 0.15) is 5.69 Å². The van der Waals surface area contributed by atoms with E-state index < -0.39 is 0 Å². The zero-order valence-corrected chi connectivity index (χ0v) is 13.8. The lowest BCUT2D eigenvalue weighted by Gasteiger charge is -2.18. The first-order valence-corrected chi connectivity index (χ1v) is 6.81. The van der Waals surface area contributed by atoms with Crippen molar-refractivity contribution in [3.8, 4) is 0 Å². The smallest absolute Gasteiger partial charge is 0.272 e. The Hall–Kier alpha value is -1.07. The number of nitrogens with one attached hydrogen (secondary N) is 2. The third kappa shape index (κ3) is 5.51. The van der Waals surface area contributed by atoms with Crippen LogP contribution in [-0.2, 0) is 5.41 Å². The molecular formula is C14H27ClN4O. The summed E-state index contributed by atoms with van der Waals surface area (Å²) in [6, 6.07) is 1.81. The van der Waals surface area contributed by atoms with Crippen LogP contribution in [-0.4, -0.2) is 28.7 Å². The quantitative estimate of drug-likeness (QED) is 0.780. The fourth-order valence-corrected chi connectivity index (χ4v) is 1.86. The van der Waals surface area contributed by atoms with Gasteiger partial charge in [0, 0.05) is 23.7 Å². The third-order valence-electron chi connectivity index (χ3n) is 2.99. The van der Waals surface area contributed by atoms with Crippen molar-refractivity contribution in [2.24, 2.45) is 11.7 Å². The van der Waals surface area contributed by atoms with Crippen molar-refractivity contribution >= 4 is 18.3 Å². The maximum atomic E-state index is 12.1. The van der Waals surface area contributed by atoms with Gasteiger partial charge >= 0.3 is 0 Å². The van der Waals surface area contributed by atoms with E-state index >= 15 is 0 Å². The second-order valence-electron chi connectivity index (χ2n) is 6.45. The average Bonchev–Trinajstić information content (AvgIpc) is 2.76. The molecule has 0 aromatic carbocycles. The summed E-state index contributed by atoms with van der Waals surface area (Å²) in [7, 11) is 0. The molecule has 0 aliphatic rings. The zero-order chi connectivity index (χ0) is 14.6. The van der Waals surface area contributed by atoms with Crippen LogP contribution in [0.15, 0.2) is 6.07 Å². The normalized spacial score (nSPS) is 12.9. The van der Waals surface area contributed by atoms with Gasteiger partial charge in [-0.25, -0.2) is 0 Å². The molecule has 116 valence electrons. The molecule has 1 atom stereocenters. The van der Waals surface area contributed by atoms with Crippen LogP contribution in [0.1, 0.15) is 57.2 Å². The zero-order valence-electron chi connectivity index (χ0n) is 13.0. The molecule has 0 saturated carbocycles. The fourth-order valence-electron chi connectivity index (χ4n) is 1.86. The Kier molecular flexibility index (Phi) is 7.23. The Bertz CT molecular complexity index is 423. The van der Waals surface area contributed by atoms with Gasteiger partial charge in [0.05, 0.1) is 0 Å². The number of hydrogen-bond acceptors (Lipinski definition) is 3. The summed E-state index contributed by atoms with van der Waals surface area (Å²) >= 11 is 0. The Morgan fingerprint density at radius 3 is 2.45 bits per heavy atom. The van der Waals surface area contributed by atoms with Crippen LogP contribution >= 0.6 is 12.4 Å². The van der Waals surface area contributed by atoms with Crippen molar-refractivity contribution in [2.45, 2.75) is 52.5 Å². The van der Waals surface area contributed by atoms with Gasteiger partial charge in [0.15, 0.2) is 0 Å². The second-order valence-corrected chi connectivity index (χ2v) is 6.45. The van der Waals surface area contributed by atoms with Crippen molar-refractivity contribution in [2.75, 3.05) is 6.54 Å². The van der Waals surface area contributed by atoms with Crippen molar-refractivity contribution in [1.82, 2.24) is 15.5 Å². The molecule has 20 heavy (non-hydrogen) atoms. The average molecular weight is 303 g/mol. The van der Waals surface area contributed by atoms with Gasteiger partial charge < -0.3 is 11.1 Å². The van der Waals surface area contributed by atoms with E-state index in [1.807, 2.05) is 0 Å². The van der Waals surface area contributed by atoms with E-state index in [2.05, 4.69) is 50.1 Å². The van der Waals surface area contributed by atoms with Gasteiger partial charge in [-0.15, -0.1) is 12.4 Å². The van der Waals surface area contributed by atoms with E-state index in [1.54, 1.807) is 6.07 Å². The van der Waals surface area contributed by atoms with Crippen molar-refractivity contribution in [3.63, 3.8) is 0 Å². The summed E-state index contributed by atoms with van der Waals surface area (Å²) in [5.74, 6) is 0.334. The minimum absolute atomic E-state index is 0. The molecule has 1 rings (SSSR count). The molecule has 0 aliphatic heterocycles. The summed E-state index contributed by atoms with van der Waals surface area (Å²) in [6.45, 7) is 10.9. The van der Waals surface area contributed by atoms with Crippen molar-refractivity contribution in [3.05, 3.63) is 17.5 Å². The number of aromatic amines is 1. The fraction of sp³-hybridized carbons (Fsp3) is 0.714. The van der Waals surface area contributed by atoms with E-state index in [-0.39, 0.29) is 29.8 Å². The SMILES string of the molecule is CC(C)CC(CN)NC(=O)c1cc(C(C)(C)C)[nH]n1.Cl. The molecular weight excluding hydrogens is 276 g/mol. The summed E-state index contributed by atoms with van der Waals surface area (Å²) in [4.78, 5) is 12.1. The highest BCUT2D eigenvalue weighted by molar-refractivity contribution is 5.92. The largest absolute Gasteiger partial charge is 0.347 e. The van der Waals surface area contributed by atoms with Crippen LogP contribution in [0.4, 0.5) is 0 Å². The van der Waals surface area contributed by atoms with E-state index in [0.717, 1.165) is 12.1 Å². The Labute approximate surface area is 127 Å². The minimum Gasteiger partial charge on any atom is -0.347 e. The molecule has 1 unspecified atom stereocenters. The highest BCUT2D eigenvalue weighted by Gasteiger charge is 2.20. The van der Waals surface area contributed by atoms with E-state index in [4.69, 9.17) is 5.73 Å². The summed E-state index contributed by atoms with van der Waals surface area (Å²) in [6.07, 6.45) is 0.874. The first kappa shape index (κ1) is 18.9. The lowest BCUT2D eigenvalue weighted by Crippen LogP contribution is -2.41. The van der Waals surface area contributed by atoms with Crippen molar-refractivity contribution in [1.29, 1.82) is 0 Å². The first-order valence-electron chi connectivity index (χ1n) is 6.81. The maximum Gasteiger partial charge on any atom is 0.272 e. The van der Waals surface area contributed by atoms with Gasteiger partial charge in [0.2, 0.25) is 0 Å². The lowest BCUT2D eigenvalue weighted by atomic mass is 9.92. The van der Waals surface area contributed by atoms with Crippen LogP contribution in [0.5, 0.6) is 0 Å². The monoisotopic (exact) mass is 302 g/mol. The lowest BCUT2D eigenvalue weighted by molar-refractivity contribution is 0.0928. The number of halogens is 1. The molecule has 1 amide bonds. The maximum absolute atomic E-state index is 12.1. The molecule has 0 saturated heterocycles. The number of amides is 1. The van der Waals surface area contributed by atoms with E-state index in [9.17, 15) is 4.79 Å². The molecule has 0 bridgehead atoms. The highest BCUT2D eigenvalue weighted by Crippen LogP contribution is 2.20. The van der Waals surface area contributed by atoms with Gasteiger partial charge in [-0.2, -0.15) is 5.10 Å². The summed E-state index contributed by atoms with van der Waals surface area (Å²) in [5.41, 5.74) is 7.01. The number of nitrogens with zero attached hydrogens (tertiary/aromatic N) is 1. The van der Waals surface area contributed by atoms with Gasteiger partial charge in [-0.05, 0) is 18.4 Å². The van der Waals surface area contributed by atoms with Gasteiger partial charge in [0.25, 0.3) is 5.91 Å².